The highest BCUT2D eigenvalue weighted by atomic mass is 35.5. The maximum atomic E-state index is 13.0. The van der Waals surface area contributed by atoms with Crippen molar-refractivity contribution in [1.82, 2.24) is 0 Å². The number of hydrogen-bond donors (Lipinski definition) is 0. The zero-order chi connectivity index (χ0) is 15.5. The second kappa shape index (κ2) is 6.69. The smallest absolute Gasteiger partial charge is 0.395 e. The Morgan fingerprint density at radius 3 is 2.62 bits per heavy atom. The third-order valence-corrected chi connectivity index (χ3v) is 3.90. The van der Waals surface area contributed by atoms with Crippen molar-refractivity contribution in [3.05, 3.63) is 34.3 Å². The van der Waals surface area contributed by atoms with Crippen molar-refractivity contribution in [2.75, 3.05) is 6.61 Å². The summed E-state index contributed by atoms with van der Waals surface area (Å²) in [5, 5.41) is 4.07. The zero-order valence-corrected chi connectivity index (χ0v) is 12.5. The summed E-state index contributed by atoms with van der Waals surface area (Å²) in [4.78, 5) is 5.22. The topological polar surface area (TPSA) is 21.6 Å². The average molecular weight is 320 g/mol. The van der Waals surface area contributed by atoms with Gasteiger partial charge < -0.3 is 4.84 Å². The summed E-state index contributed by atoms with van der Waals surface area (Å²) >= 11 is 5.79. The van der Waals surface area contributed by atoms with E-state index in [1.54, 1.807) is 0 Å². The molecule has 2 rings (SSSR count). The minimum absolute atomic E-state index is 0.0404. The van der Waals surface area contributed by atoms with Gasteiger partial charge in [0.1, 0.15) is 6.61 Å². The molecule has 0 radical (unpaired) electrons. The lowest BCUT2D eigenvalue weighted by atomic mass is 10.0. The van der Waals surface area contributed by atoms with Crippen LogP contribution in [-0.4, -0.2) is 12.3 Å². The van der Waals surface area contributed by atoms with Gasteiger partial charge in [-0.3, -0.25) is 0 Å². The number of hydrogen-bond acceptors (Lipinski definition) is 2. The zero-order valence-electron chi connectivity index (χ0n) is 11.7. The van der Waals surface area contributed by atoms with Crippen LogP contribution in [0.25, 0.3) is 0 Å². The SMILES string of the molecule is CC(=NOCC1CCCC1)c1cc(Cl)ccc1C(F)(F)F. The Morgan fingerprint density at radius 2 is 2.00 bits per heavy atom. The first-order valence-electron chi connectivity index (χ1n) is 6.91. The largest absolute Gasteiger partial charge is 0.417 e. The molecule has 0 spiro atoms. The Bertz CT molecular complexity index is 522. The molecule has 0 bridgehead atoms. The molecule has 1 saturated carbocycles. The minimum Gasteiger partial charge on any atom is -0.395 e. The van der Waals surface area contributed by atoms with E-state index in [0.29, 0.717) is 12.5 Å². The van der Waals surface area contributed by atoms with Crippen LogP contribution in [0.5, 0.6) is 0 Å². The molecule has 1 aromatic carbocycles. The molecule has 1 aliphatic carbocycles. The van der Waals surface area contributed by atoms with Gasteiger partial charge in [0.05, 0.1) is 11.3 Å². The van der Waals surface area contributed by atoms with Crippen LogP contribution >= 0.6 is 11.6 Å². The average Bonchev–Trinajstić information content (AvgIpc) is 2.90. The third-order valence-electron chi connectivity index (χ3n) is 3.66. The first kappa shape index (κ1) is 16.1. The second-order valence-corrected chi connectivity index (χ2v) is 5.75. The molecule has 0 unspecified atom stereocenters. The molecule has 2 nitrogen and oxygen atoms in total. The first-order chi connectivity index (χ1) is 9.88. The molecule has 116 valence electrons. The molecule has 6 heteroatoms. The predicted molar refractivity (Wildman–Crippen MR) is 76.6 cm³/mol. The molecular weight excluding hydrogens is 303 g/mol. The molecule has 0 amide bonds. The summed E-state index contributed by atoms with van der Waals surface area (Å²) in [6.45, 7) is 1.95. The predicted octanol–water partition coefficient (Wildman–Crippen LogP) is 5.29. The lowest BCUT2D eigenvalue weighted by molar-refractivity contribution is -0.137. The Labute approximate surface area is 126 Å². The number of rotatable bonds is 4. The van der Waals surface area contributed by atoms with Crippen molar-refractivity contribution < 1.29 is 18.0 Å². The third kappa shape index (κ3) is 4.37. The lowest BCUT2D eigenvalue weighted by Crippen LogP contribution is -2.12. The molecule has 0 N–H and O–H groups in total. The fourth-order valence-corrected chi connectivity index (χ4v) is 2.70. The van der Waals surface area contributed by atoms with Crippen LogP contribution in [0.15, 0.2) is 23.4 Å². The van der Waals surface area contributed by atoms with E-state index in [2.05, 4.69) is 5.16 Å². The van der Waals surface area contributed by atoms with Crippen LogP contribution in [0, 0.1) is 5.92 Å². The van der Waals surface area contributed by atoms with Gasteiger partial charge in [-0.15, -0.1) is 0 Å². The molecule has 0 atom stereocenters. The van der Waals surface area contributed by atoms with Crippen LogP contribution in [0.3, 0.4) is 0 Å². The number of nitrogens with zero attached hydrogens (tertiary/aromatic N) is 1. The van der Waals surface area contributed by atoms with E-state index in [4.69, 9.17) is 16.4 Å². The van der Waals surface area contributed by atoms with E-state index < -0.39 is 11.7 Å². The molecular formula is C15H17ClF3NO. The van der Waals surface area contributed by atoms with E-state index in [9.17, 15) is 13.2 Å². The van der Waals surface area contributed by atoms with Crippen LogP contribution in [-0.2, 0) is 11.0 Å². The van der Waals surface area contributed by atoms with Crippen LogP contribution in [0.1, 0.15) is 43.7 Å². The first-order valence-corrected chi connectivity index (χ1v) is 7.29. The molecule has 0 heterocycles. The summed E-state index contributed by atoms with van der Waals surface area (Å²) in [5.41, 5.74) is -0.609. The molecule has 21 heavy (non-hydrogen) atoms. The lowest BCUT2D eigenvalue weighted by Gasteiger charge is -2.13. The van der Waals surface area contributed by atoms with E-state index >= 15 is 0 Å². The van der Waals surface area contributed by atoms with Gasteiger partial charge in [0.15, 0.2) is 0 Å². The Balaban J connectivity index is 2.13. The molecule has 0 aliphatic heterocycles. The fraction of sp³-hybridized carbons (Fsp3) is 0.533. The van der Waals surface area contributed by atoms with Crippen molar-refractivity contribution in [3.8, 4) is 0 Å². The van der Waals surface area contributed by atoms with Crippen molar-refractivity contribution in [2.24, 2.45) is 11.1 Å². The number of benzene rings is 1. The summed E-state index contributed by atoms with van der Waals surface area (Å²) in [7, 11) is 0. The van der Waals surface area contributed by atoms with Gasteiger partial charge in [0.2, 0.25) is 0 Å². The maximum absolute atomic E-state index is 13.0. The number of oxime groups is 1. The van der Waals surface area contributed by atoms with E-state index in [1.807, 2.05) is 0 Å². The highest BCUT2D eigenvalue weighted by molar-refractivity contribution is 6.31. The van der Waals surface area contributed by atoms with Crippen molar-refractivity contribution in [2.45, 2.75) is 38.8 Å². The van der Waals surface area contributed by atoms with E-state index in [0.717, 1.165) is 18.9 Å². The van der Waals surface area contributed by atoms with Gasteiger partial charge in [-0.05, 0) is 43.9 Å². The second-order valence-electron chi connectivity index (χ2n) is 5.31. The summed E-state index contributed by atoms with van der Waals surface area (Å²) in [6, 6.07) is 3.45. The van der Waals surface area contributed by atoms with Gasteiger partial charge in [-0.1, -0.05) is 29.6 Å². The summed E-state index contributed by atoms with van der Waals surface area (Å²) in [6.07, 6.45) is 0.119. The van der Waals surface area contributed by atoms with E-state index in [1.165, 1.54) is 31.9 Å². The van der Waals surface area contributed by atoms with Crippen molar-refractivity contribution in [3.63, 3.8) is 0 Å². The molecule has 1 fully saturated rings. The van der Waals surface area contributed by atoms with Crippen molar-refractivity contribution >= 4 is 17.3 Å². The standard InChI is InChI=1S/C15H17ClF3NO/c1-10(20-21-9-11-4-2-3-5-11)13-8-12(16)6-7-14(13)15(17,18)19/h6-8,11H,2-5,9H2,1H3. The molecule has 0 saturated heterocycles. The summed E-state index contributed by atoms with van der Waals surface area (Å²) < 4.78 is 38.9. The normalized spacial score (nSPS) is 17.3. The Kier molecular flexibility index (Phi) is 5.14. The van der Waals surface area contributed by atoms with Crippen LogP contribution < -0.4 is 0 Å². The Hall–Kier alpha value is -1.23. The molecule has 1 aliphatic rings. The number of alkyl halides is 3. The quantitative estimate of drug-likeness (QED) is 0.546. The molecule has 1 aromatic rings. The Morgan fingerprint density at radius 1 is 1.33 bits per heavy atom. The number of halogens is 4. The van der Waals surface area contributed by atoms with Crippen LogP contribution in [0.4, 0.5) is 13.2 Å². The minimum atomic E-state index is -4.44. The highest BCUT2D eigenvalue weighted by Gasteiger charge is 2.34. The van der Waals surface area contributed by atoms with Gasteiger partial charge in [0.25, 0.3) is 0 Å². The van der Waals surface area contributed by atoms with Gasteiger partial charge >= 0.3 is 6.18 Å². The van der Waals surface area contributed by atoms with Crippen LogP contribution in [0.2, 0.25) is 5.02 Å². The monoisotopic (exact) mass is 319 g/mol. The molecule has 0 aromatic heterocycles. The van der Waals surface area contributed by atoms with Gasteiger partial charge in [0, 0.05) is 10.6 Å². The summed E-state index contributed by atoms with van der Waals surface area (Å²) in [5.74, 6) is 0.461. The van der Waals surface area contributed by atoms with E-state index in [-0.39, 0.29) is 16.3 Å². The van der Waals surface area contributed by atoms with Gasteiger partial charge in [-0.25, -0.2) is 0 Å². The maximum Gasteiger partial charge on any atom is 0.417 e. The highest BCUT2D eigenvalue weighted by Crippen LogP contribution is 2.33. The van der Waals surface area contributed by atoms with Crippen molar-refractivity contribution in [1.29, 1.82) is 0 Å². The van der Waals surface area contributed by atoms with Gasteiger partial charge in [-0.2, -0.15) is 13.2 Å². The fourth-order valence-electron chi connectivity index (χ4n) is 2.53.